The molecule has 0 amide bonds. The van der Waals surface area contributed by atoms with Crippen LogP contribution in [0.4, 0.5) is 10.1 Å². The Balaban J connectivity index is 1.94. The number of benzene rings is 2. The highest BCUT2D eigenvalue weighted by Crippen LogP contribution is 2.23. The van der Waals surface area contributed by atoms with Gasteiger partial charge in [-0.25, -0.2) is 9.37 Å². The smallest absolute Gasteiger partial charge is 0.270 e. The molecule has 1 aliphatic rings. The van der Waals surface area contributed by atoms with Crippen molar-refractivity contribution in [3.05, 3.63) is 74.6 Å². The summed E-state index contributed by atoms with van der Waals surface area (Å²) in [4.78, 5) is 30.7. The first-order chi connectivity index (χ1) is 14.0. The van der Waals surface area contributed by atoms with Gasteiger partial charge in [-0.15, -0.1) is 0 Å². The lowest BCUT2D eigenvalue weighted by Gasteiger charge is -2.33. The molecule has 1 fully saturated rings. The molecule has 2 aromatic carbocycles. The number of halogens is 1. The Bertz CT molecular complexity index is 1140. The molecule has 0 N–H and O–H groups in total. The first-order valence-corrected chi connectivity index (χ1v) is 9.65. The zero-order valence-corrected chi connectivity index (χ0v) is 16.0. The minimum Gasteiger partial charge on any atom is -0.293 e. The third kappa shape index (κ3) is 3.63. The summed E-state index contributed by atoms with van der Waals surface area (Å²) in [5.41, 5.74) is -0.247. The summed E-state index contributed by atoms with van der Waals surface area (Å²) >= 11 is 0. The van der Waals surface area contributed by atoms with Gasteiger partial charge in [-0.1, -0.05) is 18.6 Å². The summed E-state index contributed by atoms with van der Waals surface area (Å²) in [5.74, 6) is -0.121. The van der Waals surface area contributed by atoms with Gasteiger partial charge in [0.15, 0.2) is 0 Å². The van der Waals surface area contributed by atoms with E-state index in [0.29, 0.717) is 23.9 Å². The highest BCUT2D eigenvalue weighted by atomic mass is 19.1. The van der Waals surface area contributed by atoms with Gasteiger partial charge in [0.25, 0.3) is 11.2 Å². The van der Waals surface area contributed by atoms with Crippen molar-refractivity contribution in [3.63, 3.8) is 0 Å². The highest BCUT2D eigenvalue weighted by Gasteiger charge is 2.23. The van der Waals surface area contributed by atoms with E-state index in [0.717, 1.165) is 25.8 Å². The minimum atomic E-state index is -0.560. The Morgan fingerprint density at radius 1 is 1.24 bits per heavy atom. The molecule has 8 heteroatoms. The number of non-ortho nitro benzene ring substituents is 1. The molecule has 0 bridgehead atoms. The summed E-state index contributed by atoms with van der Waals surface area (Å²) in [6, 6.07) is 10.3. The summed E-state index contributed by atoms with van der Waals surface area (Å²) in [6.45, 7) is 3.42. The van der Waals surface area contributed by atoms with Crippen LogP contribution in [0.5, 0.6) is 0 Å². The topological polar surface area (TPSA) is 81.3 Å². The maximum Gasteiger partial charge on any atom is 0.270 e. The second kappa shape index (κ2) is 7.71. The van der Waals surface area contributed by atoms with Crippen molar-refractivity contribution in [1.29, 1.82) is 0 Å². The number of para-hydroxylation sites is 1. The first-order valence-electron chi connectivity index (χ1n) is 9.65. The molecule has 0 aliphatic carbocycles. The van der Waals surface area contributed by atoms with Crippen LogP contribution in [0, 0.1) is 15.9 Å². The fourth-order valence-electron chi connectivity index (χ4n) is 3.89. The summed E-state index contributed by atoms with van der Waals surface area (Å²) in [5, 5.41) is 11.2. The van der Waals surface area contributed by atoms with E-state index in [2.05, 4.69) is 16.8 Å². The van der Waals surface area contributed by atoms with E-state index in [9.17, 15) is 19.3 Å². The van der Waals surface area contributed by atoms with Gasteiger partial charge in [0, 0.05) is 18.2 Å². The van der Waals surface area contributed by atoms with Crippen molar-refractivity contribution >= 4 is 16.6 Å². The Labute approximate surface area is 166 Å². The molecule has 1 saturated heterocycles. The Morgan fingerprint density at radius 2 is 2.03 bits per heavy atom. The van der Waals surface area contributed by atoms with E-state index in [1.165, 1.54) is 34.9 Å². The lowest BCUT2D eigenvalue weighted by Crippen LogP contribution is -2.39. The number of hydrogen-bond acceptors (Lipinski definition) is 5. The van der Waals surface area contributed by atoms with Crippen molar-refractivity contribution in [3.8, 4) is 5.69 Å². The van der Waals surface area contributed by atoms with Gasteiger partial charge in [-0.05, 0) is 44.5 Å². The highest BCUT2D eigenvalue weighted by molar-refractivity contribution is 5.80. The van der Waals surface area contributed by atoms with Crippen LogP contribution in [0.25, 0.3) is 16.6 Å². The average molecular weight is 396 g/mol. The second-order valence-corrected chi connectivity index (χ2v) is 7.39. The van der Waals surface area contributed by atoms with Gasteiger partial charge in [-0.3, -0.25) is 24.4 Å². The van der Waals surface area contributed by atoms with Gasteiger partial charge in [0.2, 0.25) is 0 Å². The van der Waals surface area contributed by atoms with Crippen molar-refractivity contribution < 1.29 is 9.31 Å². The number of nitro groups is 1. The number of piperidine rings is 1. The Hall–Kier alpha value is -3.13. The Kier molecular flexibility index (Phi) is 5.10. The van der Waals surface area contributed by atoms with Crippen LogP contribution < -0.4 is 5.56 Å². The minimum absolute atomic E-state index is 0.0953. The number of rotatable bonds is 4. The van der Waals surface area contributed by atoms with Crippen molar-refractivity contribution in [2.45, 2.75) is 38.8 Å². The summed E-state index contributed by atoms with van der Waals surface area (Å²) in [6.07, 6.45) is 3.28. The van der Waals surface area contributed by atoms with Crippen molar-refractivity contribution in [1.82, 2.24) is 14.5 Å². The molecule has 1 unspecified atom stereocenters. The van der Waals surface area contributed by atoms with E-state index in [4.69, 9.17) is 0 Å². The lowest BCUT2D eigenvalue weighted by molar-refractivity contribution is -0.384. The molecule has 1 atom stereocenters. The van der Waals surface area contributed by atoms with E-state index >= 15 is 0 Å². The van der Waals surface area contributed by atoms with Gasteiger partial charge >= 0.3 is 0 Å². The lowest BCUT2D eigenvalue weighted by atomic mass is 10.0. The zero-order valence-electron chi connectivity index (χ0n) is 16.0. The molecule has 0 saturated carbocycles. The number of aromatic nitrogens is 2. The summed E-state index contributed by atoms with van der Waals surface area (Å²) < 4.78 is 15.8. The molecule has 7 nitrogen and oxygen atoms in total. The van der Waals surface area contributed by atoms with E-state index < -0.39 is 16.3 Å². The van der Waals surface area contributed by atoms with Crippen LogP contribution in [0.3, 0.4) is 0 Å². The van der Waals surface area contributed by atoms with Crippen LogP contribution in [0.1, 0.15) is 32.0 Å². The monoisotopic (exact) mass is 396 g/mol. The third-order valence-corrected chi connectivity index (χ3v) is 5.51. The molecule has 0 radical (unpaired) electrons. The maximum atomic E-state index is 14.6. The predicted molar refractivity (Wildman–Crippen MR) is 108 cm³/mol. The normalized spacial score (nSPS) is 17.5. The molecule has 2 heterocycles. The van der Waals surface area contributed by atoms with Crippen molar-refractivity contribution in [2.75, 3.05) is 6.54 Å². The average Bonchev–Trinajstić information content (AvgIpc) is 2.71. The van der Waals surface area contributed by atoms with E-state index in [1.807, 2.05) is 0 Å². The molecule has 4 rings (SSSR count). The second-order valence-electron chi connectivity index (χ2n) is 7.39. The fraction of sp³-hybridized carbons (Fsp3) is 0.333. The zero-order chi connectivity index (χ0) is 20.5. The van der Waals surface area contributed by atoms with Crippen LogP contribution in [0.2, 0.25) is 0 Å². The molecule has 29 heavy (non-hydrogen) atoms. The maximum absolute atomic E-state index is 14.6. The number of nitro benzene ring substituents is 1. The SMILES string of the molecule is CC1CCCCN1Cc1nc2ccc([N+](=O)[O-])cc2c(=O)n1-c1ccccc1F. The third-order valence-electron chi connectivity index (χ3n) is 5.51. The number of likely N-dealkylation sites (tertiary alicyclic amines) is 1. The van der Waals surface area contributed by atoms with Crippen LogP contribution in [-0.2, 0) is 6.54 Å². The van der Waals surface area contributed by atoms with Crippen LogP contribution in [0.15, 0.2) is 47.3 Å². The predicted octanol–water partition coefficient (Wildman–Crippen LogP) is 3.81. The number of fused-ring (bicyclic) bond motifs is 1. The van der Waals surface area contributed by atoms with Gasteiger partial charge in [0.1, 0.15) is 11.6 Å². The number of nitrogens with zero attached hydrogens (tertiary/aromatic N) is 4. The molecular formula is C21H21FN4O3. The van der Waals surface area contributed by atoms with E-state index in [1.54, 1.807) is 12.1 Å². The fourth-order valence-corrected chi connectivity index (χ4v) is 3.89. The Morgan fingerprint density at radius 3 is 2.76 bits per heavy atom. The molecular weight excluding hydrogens is 375 g/mol. The first kappa shape index (κ1) is 19.2. The molecule has 150 valence electrons. The molecule has 1 aromatic heterocycles. The van der Waals surface area contributed by atoms with Gasteiger partial charge in [-0.2, -0.15) is 0 Å². The van der Waals surface area contributed by atoms with Crippen LogP contribution in [-0.4, -0.2) is 32.0 Å². The molecule has 3 aromatic rings. The van der Waals surface area contributed by atoms with Gasteiger partial charge < -0.3 is 0 Å². The standard InChI is InChI=1S/C21H21FN4O3/c1-14-6-4-5-11-24(14)13-20-23-18-10-9-15(26(28)29)12-16(18)21(27)25(20)19-8-3-2-7-17(19)22/h2-3,7-10,12,14H,4-6,11,13H2,1H3. The molecule has 1 aliphatic heterocycles. The van der Waals surface area contributed by atoms with Gasteiger partial charge in [0.05, 0.1) is 28.1 Å². The largest absolute Gasteiger partial charge is 0.293 e. The van der Waals surface area contributed by atoms with Crippen LogP contribution >= 0.6 is 0 Å². The molecule has 0 spiro atoms. The number of hydrogen-bond donors (Lipinski definition) is 0. The van der Waals surface area contributed by atoms with E-state index in [-0.39, 0.29) is 16.8 Å². The summed E-state index contributed by atoms with van der Waals surface area (Å²) in [7, 11) is 0. The quantitative estimate of drug-likeness (QED) is 0.495. The van der Waals surface area contributed by atoms with Crippen molar-refractivity contribution in [2.24, 2.45) is 0 Å².